The number of nitrogens with one attached hydrogen (secondary N) is 2. The van der Waals surface area contributed by atoms with Crippen molar-refractivity contribution in [3.63, 3.8) is 0 Å². The van der Waals surface area contributed by atoms with Crippen molar-refractivity contribution in [2.24, 2.45) is 0 Å². The molecule has 0 aliphatic rings. The van der Waals surface area contributed by atoms with Crippen LogP contribution in [0.3, 0.4) is 0 Å². The second kappa shape index (κ2) is 7.17. The molecule has 0 bridgehead atoms. The molecule has 0 spiro atoms. The van der Waals surface area contributed by atoms with Crippen molar-refractivity contribution < 1.29 is 9.72 Å². The Kier molecular flexibility index (Phi) is 5.25. The zero-order chi connectivity index (χ0) is 17.0. The molecule has 0 aliphatic carbocycles. The Balaban J connectivity index is 2.09. The fourth-order valence-corrected chi connectivity index (χ4v) is 2.16. The van der Waals surface area contributed by atoms with E-state index in [-0.39, 0.29) is 16.5 Å². The van der Waals surface area contributed by atoms with Gasteiger partial charge in [-0.05, 0) is 55.0 Å². The molecule has 0 unspecified atom stereocenters. The van der Waals surface area contributed by atoms with E-state index in [0.29, 0.717) is 10.6 Å². The first-order chi connectivity index (χ1) is 10.9. The number of carbonyl (C=O) groups is 1. The summed E-state index contributed by atoms with van der Waals surface area (Å²) in [4.78, 5) is 22.6. The number of benzene rings is 2. The van der Waals surface area contributed by atoms with Gasteiger partial charge >= 0.3 is 0 Å². The molecule has 0 saturated carbocycles. The van der Waals surface area contributed by atoms with E-state index >= 15 is 0 Å². The molecular weight excluding hydrogens is 338 g/mol. The molecule has 0 radical (unpaired) electrons. The predicted octanol–water partition coefficient (Wildman–Crippen LogP) is 3.68. The lowest BCUT2D eigenvalue weighted by Crippen LogP contribution is -2.34. The van der Waals surface area contributed by atoms with Crippen molar-refractivity contribution in [3.05, 3.63) is 68.7 Å². The number of halogens is 1. The molecule has 2 aromatic rings. The van der Waals surface area contributed by atoms with Crippen LogP contribution in [0.25, 0.3) is 0 Å². The number of carbonyl (C=O) groups excluding carboxylic acids is 1. The van der Waals surface area contributed by atoms with E-state index in [2.05, 4.69) is 10.6 Å². The highest BCUT2D eigenvalue weighted by Gasteiger charge is 2.16. The normalized spacial score (nSPS) is 10.0. The number of aryl methyl sites for hydroxylation is 1. The summed E-state index contributed by atoms with van der Waals surface area (Å²) in [7, 11) is 0. The van der Waals surface area contributed by atoms with Crippen LogP contribution in [0, 0.1) is 17.0 Å². The molecule has 2 N–H and O–H groups in total. The topological polar surface area (TPSA) is 84.3 Å². The van der Waals surface area contributed by atoms with Gasteiger partial charge in [-0.25, -0.2) is 0 Å². The van der Waals surface area contributed by atoms with Gasteiger partial charge in [0.1, 0.15) is 5.69 Å². The van der Waals surface area contributed by atoms with Gasteiger partial charge in [0.05, 0.1) is 4.92 Å². The number of anilines is 1. The van der Waals surface area contributed by atoms with Gasteiger partial charge in [0, 0.05) is 16.7 Å². The Hall–Kier alpha value is -2.51. The summed E-state index contributed by atoms with van der Waals surface area (Å²) in [6.45, 7) is 1.75. The monoisotopic (exact) mass is 349 g/mol. The smallest absolute Gasteiger partial charge is 0.292 e. The summed E-state index contributed by atoms with van der Waals surface area (Å²) in [6.07, 6.45) is 0. The highest BCUT2D eigenvalue weighted by Crippen LogP contribution is 2.25. The van der Waals surface area contributed by atoms with E-state index in [1.54, 1.807) is 37.3 Å². The molecule has 1 amide bonds. The van der Waals surface area contributed by atoms with Crippen LogP contribution in [-0.2, 0) is 0 Å². The molecule has 8 heteroatoms. The maximum absolute atomic E-state index is 12.0. The Morgan fingerprint density at radius 1 is 1.22 bits per heavy atom. The second-order valence-corrected chi connectivity index (χ2v) is 5.54. The number of nitro benzene ring substituents is 1. The molecule has 0 saturated heterocycles. The van der Waals surface area contributed by atoms with E-state index < -0.39 is 10.8 Å². The van der Waals surface area contributed by atoms with Gasteiger partial charge in [-0.15, -0.1) is 0 Å². The molecule has 0 atom stereocenters. The zero-order valence-corrected chi connectivity index (χ0v) is 13.6. The summed E-state index contributed by atoms with van der Waals surface area (Å²) >= 11 is 10.8. The third kappa shape index (κ3) is 4.48. The first kappa shape index (κ1) is 16.9. The lowest BCUT2D eigenvalue weighted by atomic mass is 10.2. The average molecular weight is 350 g/mol. The molecular formula is C15H12ClN3O3S. The van der Waals surface area contributed by atoms with Crippen molar-refractivity contribution in [2.45, 2.75) is 6.92 Å². The van der Waals surface area contributed by atoms with Gasteiger partial charge in [-0.2, -0.15) is 0 Å². The fraction of sp³-hybridized carbons (Fsp3) is 0.0667. The maximum Gasteiger partial charge on any atom is 0.292 e. The Labute approximate surface area is 142 Å². The van der Waals surface area contributed by atoms with Crippen molar-refractivity contribution >= 4 is 46.2 Å². The first-order valence-corrected chi connectivity index (χ1v) is 7.28. The van der Waals surface area contributed by atoms with E-state index in [4.69, 9.17) is 23.8 Å². The Morgan fingerprint density at radius 2 is 1.87 bits per heavy atom. The van der Waals surface area contributed by atoms with Crippen molar-refractivity contribution in [1.29, 1.82) is 0 Å². The Bertz CT molecular complexity index is 778. The van der Waals surface area contributed by atoms with Gasteiger partial charge < -0.3 is 5.32 Å². The van der Waals surface area contributed by atoms with Gasteiger partial charge in [0.25, 0.3) is 11.6 Å². The number of rotatable bonds is 3. The highest BCUT2D eigenvalue weighted by atomic mass is 35.5. The van der Waals surface area contributed by atoms with Gasteiger partial charge in [-0.1, -0.05) is 17.7 Å². The van der Waals surface area contributed by atoms with Crippen LogP contribution < -0.4 is 10.6 Å². The minimum atomic E-state index is -0.515. The van der Waals surface area contributed by atoms with E-state index in [0.717, 1.165) is 5.56 Å². The van der Waals surface area contributed by atoms with E-state index in [1.165, 1.54) is 12.1 Å². The van der Waals surface area contributed by atoms with Crippen LogP contribution in [0.4, 0.5) is 11.4 Å². The lowest BCUT2D eigenvalue weighted by Gasteiger charge is -2.10. The van der Waals surface area contributed by atoms with Gasteiger partial charge in [0.15, 0.2) is 5.11 Å². The van der Waals surface area contributed by atoms with Crippen molar-refractivity contribution in [3.8, 4) is 0 Å². The summed E-state index contributed by atoms with van der Waals surface area (Å²) in [5.41, 5.74) is 1.21. The third-order valence-electron chi connectivity index (χ3n) is 2.93. The number of nitrogens with zero attached hydrogens (tertiary/aromatic N) is 1. The number of nitro groups is 1. The average Bonchev–Trinajstić information content (AvgIpc) is 2.49. The van der Waals surface area contributed by atoms with Gasteiger partial charge in [-0.3, -0.25) is 20.2 Å². The molecule has 0 fully saturated rings. The molecule has 2 rings (SSSR count). The molecule has 23 heavy (non-hydrogen) atoms. The van der Waals surface area contributed by atoms with Crippen LogP contribution in [0.5, 0.6) is 0 Å². The zero-order valence-electron chi connectivity index (χ0n) is 12.0. The van der Waals surface area contributed by atoms with Crippen LogP contribution in [0.2, 0.25) is 5.02 Å². The van der Waals surface area contributed by atoms with Gasteiger partial charge in [0.2, 0.25) is 0 Å². The lowest BCUT2D eigenvalue weighted by molar-refractivity contribution is -0.383. The molecule has 0 aliphatic heterocycles. The number of hydrogen-bond donors (Lipinski definition) is 2. The maximum atomic E-state index is 12.0. The molecule has 0 heterocycles. The largest absolute Gasteiger partial charge is 0.327 e. The van der Waals surface area contributed by atoms with Crippen LogP contribution >= 0.6 is 23.8 Å². The SMILES string of the molecule is Cc1ccc(NC(=S)NC(=O)c2ccc(Cl)cc2)c([N+](=O)[O-])c1. The number of hydrogen-bond acceptors (Lipinski definition) is 4. The van der Waals surface area contributed by atoms with E-state index in [9.17, 15) is 14.9 Å². The number of thiocarbonyl (C=S) groups is 1. The highest BCUT2D eigenvalue weighted by molar-refractivity contribution is 7.80. The summed E-state index contributed by atoms with van der Waals surface area (Å²) in [5, 5.41) is 16.7. The van der Waals surface area contributed by atoms with Crippen molar-refractivity contribution in [1.82, 2.24) is 5.32 Å². The third-order valence-corrected chi connectivity index (χ3v) is 3.39. The standard InChI is InChI=1S/C15H12ClN3O3S/c1-9-2-7-12(13(8-9)19(21)22)17-15(23)18-14(20)10-3-5-11(16)6-4-10/h2-8H,1H3,(H2,17,18,20,23). The summed E-state index contributed by atoms with van der Waals surface area (Å²) < 4.78 is 0. The Morgan fingerprint density at radius 3 is 2.48 bits per heavy atom. The summed E-state index contributed by atoms with van der Waals surface area (Å²) in [6, 6.07) is 10.9. The predicted molar refractivity (Wildman–Crippen MR) is 93.0 cm³/mol. The molecule has 0 aromatic heterocycles. The quantitative estimate of drug-likeness (QED) is 0.501. The fourth-order valence-electron chi connectivity index (χ4n) is 1.83. The molecule has 6 nitrogen and oxygen atoms in total. The molecule has 118 valence electrons. The van der Waals surface area contributed by atoms with Crippen LogP contribution in [-0.4, -0.2) is 15.9 Å². The van der Waals surface area contributed by atoms with Crippen LogP contribution in [0.1, 0.15) is 15.9 Å². The van der Waals surface area contributed by atoms with Crippen molar-refractivity contribution in [2.75, 3.05) is 5.32 Å². The summed E-state index contributed by atoms with van der Waals surface area (Å²) in [5.74, 6) is -0.436. The minimum absolute atomic E-state index is 0.0306. The van der Waals surface area contributed by atoms with Crippen LogP contribution in [0.15, 0.2) is 42.5 Å². The van der Waals surface area contributed by atoms with E-state index in [1.807, 2.05) is 0 Å². The second-order valence-electron chi connectivity index (χ2n) is 4.69. The minimum Gasteiger partial charge on any atom is -0.327 e. The first-order valence-electron chi connectivity index (χ1n) is 6.50. The number of amides is 1. The molecule has 2 aromatic carbocycles.